The van der Waals surface area contributed by atoms with Gasteiger partial charge in [-0.15, -0.1) is 0 Å². The lowest BCUT2D eigenvalue weighted by Crippen LogP contribution is -2.20. The van der Waals surface area contributed by atoms with Gasteiger partial charge in [0.2, 0.25) is 0 Å². The molecule has 2 nitrogen and oxygen atoms in total. The van der Waals surface area contributed by atoms with Gasteiger partial charge >= 0.3 is 0 Å². The number of rotatable bonds is 6. The Morgan fingerprint density at radius 2 is 1.58 bits per heavy atom. The van der Waals surface area contributed by atoms with Crippen molar-refractivity contribution < 1.29 is 5.11 Å². The number of nitrogens with zero attached hydrogens (tertiary/aromatic N) is 1. The summed E-state index contributed by atoms with van der Waals surface area (Å²) in [4.78, 5) is 2.54. The van der Waals surface area contributed by atoms with E-state index in [2.05, 4.69) is 4.90 Å². The lowest BCUT2D eigenvalue weighted by Gasteiger charge is -2.13. The molecule has 1 saturated heterocycles. The van der Waals surface area contributed by atoms with Crippen molar-refractivity contribution in [1.82, 2.24) is 4.90 Å². The smallest absolute Gasteiger partial charge is 0.0822 e. The first-order valence-corrected chi connectivity index (χ1v) is 5.24. The second kappa shape index (κ2) is 6.44. The third-order valence-electron chi connectivity index (χ3n) is 2.57. The molecular formula is C10H20NO. The molecule has 1 aliphatic rings. The van der Waals surface area contributed by atoms with Crippen LogP contribution in [0.4, 0.5) is 0 Å². The van der Waals surface area contributed by atoms with Gasteiger partial charge in [-0.2, -0.15) is 0 Å². The van der Waals surface area contributed by atoms with Crippen molar-refractivity contribution in [3.8, 4) is 0 Å². The van der Waals surface area contributed by atoms with E-state index in [1.54, 1.807) is 0 Å². The fourth-order valence-electron chi connectivity index (χ4n) is 1.80. The molecule has 0 aromatic rings. The van der Waals surface area contributed by atoms with Crippen LogP contribution in [0.2, 0.25) is 0 Å². The summed E-state index contributed by atoms with van der Waals surface area (Å²) < 4.78 is 0. The monoisotopic (exact) mass is 170 g/mol. The fraction of sp³-hybridized carbons (Fsp3) is 1.00. The summed E-state index contributed by atoms with van der Waals surface area (Å²) in [5, 5.41) is 10.1. The summed E-state index contributed by atoms with van der Waals surface area (Å²) in [6.45, 7) is 3.99. The van der Waals surface area contributed by atoms with Gasteiger partial charge in [0.05, 0.1) is 6.61 Å². The van der Waals surface area contributed by atoms with Crippen molar-refractivity contribution in [3.05, 3.63) is 0 Å². The molecule has 0 aromatic heterocycles. The minimum Gasteiger partial charge on any atom is -0.303 e. The molecule has 1 radical (unpaired) electrons. The van der Waals surface area contributed by atoms with Gasteiger partial charge in [-0.25, -0.2) is 5.11 Å². The van der Waals surface area contributed by atoms with E-state index in [4.69, 9.17) is 0 Å². The van der Waals surface area contributed by atoms with E-state index in [1.807, 2.05) is 0 Å². The number of hydrogen-bond donors (Lipinski definition) is 0. The molecule has 0 spiro atoms. The van der Waals surface area contributed by atoms with E-state index < -0.39 is 0 Å². The zero-order valence-corrected chi connectivity index (χ0v) is 7.93. The molecule has 1 fully saturated rings. The van der Waals surface area contributed by atoms with Gasteiger partial charge < -0.3 is 4.90 Å². The number of hydrogen-bond acceptors (Lipinski definition) is 1. The first-order chi connectivity index (χ1) is 5.93. The molecule has 1 rings (SSSR count). The Balaban J connectivity index is 1.81. The standard InChI is InChI=1S/C10H20NO/c12-10-6-2-1-3-7-11-8-4-5-9-11/h1-10H2. The van der Waals surface area contributed by atoms with Crippen LogP contribution >= 0.6 is 0 Å². The summed E-state index contributed by atoms with van der Waals surface area (Å²) in [7, 11) is 0. The first kappa shape index (κ1) is 10.0. The Labute approximate surface area is 75.6 Å². The Bertz CT molecular complexity index is 100. The van der Waals surface area contributed by atoms with E-state index in [-0.39, 0.29) is 6.61 Å². The molecule has 2 heteroatoms. The minimum absolute atomic E-state index is 0.115. The minimum atomic E-state index is 0.115. The van der Waals surface area contributed by atoms with Crippen LogP contribution in [-0.2, 0) is 5.11 Å². The Morgan fingerprint density at radius 3 is 2.25 bits per heavy atom. The van der Waals surface area contributed by atoms with Crippen LogP contribution in [0.1, 0.15) is 38.5 Å². The topological polar surface area (TPSA) is 23.1 Å². The number of unbranched alkanes of at least 4 members (excludes halogenated alkanes) is 3. The molecule has 0 unspecified atom stereocenters. The highest BCUT2D eigenvalue weighted by molar-refractivity contribution is 4.65. The second-order valence-electron chi connectivity index (χ2n) is 3.67. The maximum atomic E-state index is 10.1. The molecule has 1 aliphatic heterocycles. The highest BCUT2D eigenvalue weighted by Gasteiger charge is 2.09. The third-order valence-corrected chi connectivity index (χ3v) is 2.57. The van der Waals surface area contributed by atoms with Gasteiger partial charge in [0.1, 0.15) is 0 Å². The highest BCUT2D eigenvalue weighted by Crippen LogP contribution is 2.09. The summed E-state index contributed by atoms with van der Waals surface area (Å²) in [6.07, 6.45) is 7.33. The normalized spacial score (nSPS) is 18.8. The zero-order valence-electron chi connectivity index (χ0n) is 7.93. The van der Waals surface area contributed by atoms with Crippen molar-refractivity contribution in [1.29, 1.82) is 0 Å². The molecule has 12 heavy (non-hydrogen) atoms. The Hall–Kier alpha value is -0.0800. The van der Waals surface area contributed by atoms with E-state index in [0.717, 1.165) is 12.8 Å². The van der Waals surface area contributed by atoms with E-state index in [9.17, 15) is 5.11 Å². The third kappa shape index (κ3) is 4.07. The van der Waals surface area contributed by atoms with Crippen LogP contribution < -0.4 is 0 Å². The van der Waals surface area contributed by atoms with E-state index >= 15 is 0 Å². The van der Waals surface area contributed by atoms with Crippen molar-refractivity contribution in [2.75, 3.05) is 26.2 Å². The first-order valence-electron chi connectivity index (χ1n) is 5.24. The molecule has 1 heterocycles. The largest absolute Gasteiger partial charge is 0.303 e. The van der Waals surface area contributed by atoms with Crippen LogP contribution in [0, 0.1) is 0 Å². The lowest BCUT2D eigenvalue weighted by molar-refractivity contribution is 0.185. The molecule has 71 valence electrons. The van der Waals surface area contributed by atoms with Crippen LogP contribution in [-0.4, -0.2) is 31.1 Å². The lowest BCUT2D eigenvalue weighted by atomic mass is 10.2. The molecule has 0 aliphatic carbocycles. The van der Waals surface area contributed by atoms with Crippen LogP contribution in [0.3, 0.4) is 0 Å². The van der Waals surface area contributed by atoms with Crippen molar-refractivity contribution in [2.24, 2.45) is 0 Å². The van der Waals surface area contributed by atoms with Crippen molar-refractivity contribution in [3.63, 3.8) is 0 Å². The van der Waals surface area contributed by atoms with Crippen LogP contribution in [0.5, 0.6) is 0 Å². The molecule has 0 atom stereocenters. The Morgan fingerprint density at radius 1 is 0.917 bits per heavy atom. The molecular weight excluding hydrogens is 150 g/mol. The van der Waals surface area contributed by atoms with E-state index in [1.165, 1.54) is 45.3 Å². The highest BCUT2D eigenvalue weighted by atomic mass is 16.2. The van der Waals surface area contributed by atoms with E-state index in [0.29, 0.717) is 0 Å². The SMILES string of the molecule is [O]CCCCCCN1CCCC1. The van der Waals surface area contributed by atoms with Crippen LogP contribution in [0.15, 0.2) is 0 Å². The zero-order chi connectivity index (χ0) is 8.65. The van der Waals surface area contributed by atoms with Gasteiger partial charge in [0, 0.05) is 0 Å². The maximum Gasteiger partial charge on any atom is 0.0822 e. The van der Waals surface area contributed by atoms with Gasteiger partial charge in [-0.05, 0) is 45.3 Å². The van der Waals surface area contributed by atoms with Crippen molar-refractivity contribution >= 4 is 0 Å². The maximum absolute atomic E-state index is 10.1. The van der Waals surface area contributed by atoms with Crippen LogP contribution in [0.25, 0.3) is 0 Å². The summed E-state index contributed by atoms with van der Waals surface area (Å²) in [5.74, 6) is 0. The van der Waals surface area contributed by atoms with Gasteiger partial charge in [-0.3, -0.25) is 0 Å². The molecule has 0 amide bonds. The van der Waals surface area contributed by atoms with Crippen molar-refractivity contribution in [2.45, 2.75) is 38.5 Å². The van der Waals surface area contributed by atoms with Gasteiger partial charge in [0.15, 0.2) is 0 Å². The second-order valence-corrected chi connectivity index (χ2v) is 3.67. The van der Waals surface area contributed by atoms with Gasteiger partial charge in [-0.1, -0.05) is 12.8 Å². The molecule has 0 N–H and O–H groups in total. The predicted molar refractivity (Wildman–Crippen MR) is 49.7 cm³/mol. The summed E-state index contributed by atoms with van der Waals surface area (Å²) in [6, 6.07) is 0. The quantitative estimate of drug-likeness (QED) is 0.560. The summed E-state index contributed by atoms with van der Waals surface area (Å²) in [5.41, 5.74) is 0. The number of likely N-dealkylation sites (tertiary alicyclic amines) is 1. The predicted octanol–water partition coefficient (Wildman–Crippen LogP) is 2.07. The summed E-state index contributed by atoms with van der Waals surface area (Å²) >= 11 is 0. The fourth-order valence-corrected chi connectivity index (χ4v) is 1.80. The molecule has 0 aromatic carbocycles. The average Bonchev–Trinajstić information content (AvgIpc) is 2.57. The molecule has 0 bridgehead atoms. The van der Waals surface area contributed by atoms with Gasteiger partial charge in [0.25, 0.3) is 0 Å². The average molecular weight is 170 g/mol. The molecule has 0 saturated carbocycles. The Kier molecular flexibility index (Phi) is 5.37.